The Hall–Kier alpha value is -2.45. The monoisotopic (exact) mass is 520 g/mol. The van der Waals surface area contributed by atoms with E-state index in [9.17, 15) is 0 Å². The molecule has 37 heavy (non-hydrogen) atoms. The molecule has 1 fully saturated rings. The largest absolute Gasteiger partial charge is 0.374 e. The van der Waals surface area contributed by atoms with Gasteiger partial charge in [0.2, 0.25) is 0 Å². The zero-order valence-corrected chi connectivity index (χ0v) is 22.1. The highest BCUT2D eigenvalue weighted by molar-refractivity contribution is 7.99. The molecule has 1 aliphatic heterocycles. The van der Waals surface area contributed by atoms with Crippen molar-refractivity contribution in [3.05, 3.63) is 120 Å². The molecule has 5 atom stereocenters. The first-order valence-electron chi connectivity index (χ1n) is 12.6. The molecule has 1 aliphatic rings. The van der Waals surface area contributed by atoms with Crippen LogP contribution in [0.2, 0.25) is 0 Å². The topological polar surface area (TPSA) is 46.2 Å². The van der Waals surface area contributed by atoms with E-state index in [4.69, 9.17) is 23.7 Å². The lowest BCUT2D eigenvalue weighted by Crippen LogP contribution is -2.60. The number of rotatable bonds is 14. The second-order valence-electron chi connectivity index (χ2n) is 8.89. The number of benzene rings is 3. The lowest BCUT2D eigenvalue weighted by molar-refractivity contribution is -0.250. The molecule has 0 unspecified atom stereocenters. The van der Waals surface area contributed by atoms with Crippen LogP contribution in [-0.4, -0.2) is 49.3 Å². The van der Waals surface area contributed by atoms with Crippen molar-refractivity contribution in [2.45, 2.75) is 49.7 Å². The lowest BCUT2D eigenvalue weighted by atomic mass is 9.99. The van der Waals surface area contributed by atoms with Crippen molar-refractivity contribution in [1.82, 2.24) is 0 Å². The maximum absolute atomic E-state index is 6.57. The Kier molecular flexibility index (Phi) is 11.2. The third-order valence-corrected chi connectivity index (χ3v) is 7.04. The molecule has 0 saturated carbocycles. The van der Waals surface area contributed by atoms with Crippen molar-refractivity contribution in [1.29, 1.82) is 0 Å². The minimum atomic E-state index is -0.391. The Morgan fingerprint density at radius 2 is 1.22 bits per heavy atom. The summed E-state index contributed by atoms with van der Waals surface area (Å²) in [4.78, 5) is 0. The van der Waals surface area contributed by atoms with Crippen molar-refractivity contribution >= 4 is 11.8 Å². The van der Waals surface area contributed by atoms with Crippen molar-refractivity contribution < 1.29 is 23.7 Å². The fourth-order valence-corrected chi connectivity index (χ4v) is 5.10. The predicted octanol–water partition coefficient (Wildman–Crippen LogP) is 6.03. The molecule has 6 heteroatoms. The smallest absolute Gasteiger partial charge is 0.132 e. The molecule has 0 bridgehead atoms. The van der Waals surface area contributed by atoms with Gasteiger partial charge in [-0.15, -0.1) is 18.3 Å². The van der Waals surface area contributed by atoms with Crippen molar-refractivity contribution in [2.75, 3.05) is 19.5 Å². The van der Waals surface area contributed by atoms with Crippen LogP contribution in [-0.2, 0) is 43.5 Å². The van der Waals surface area contributed by atoms with Crippen molar-refractivity contribution in [3.63, 3.8) is 0 Å². The van der Waals surface area contributed by atoms with E-state index >= 15 is 0 Å². The molecule has 0 spiro atoms. The summed E-state index contributed by atoms with van der Waals surface area (Å²) in [6.45, 7) is 6.00. The maximum Gasteiger partial charge on any atom is 0.132 e. The highest BCUT2D eigenvalue weighted by Gasteiger charge is 2.48. The summed E-state index contributed by atoms with van der Waals surface area (Å²) in [5.41, 5.74) is 3.06. The number of hydrogen-bond acceptors (Lipinski definition) is 6. The van der Waals surface area contributed by atoms with Crippen LogP contribution in [0.4, 0.5) is 0 Å². The number of thioether (sulfide) groups is 1. The average molecular weight is 521 g/mol. The van der Waals surface area contributed by atoms with Gasteiger partial charge in [0.1, 0.15) is 29.9 Å². The fourth-order valence-electron chi connectivity index (χ4n) is 4.35. The number of ether oxygens (including phenoxy) is 5. The van der Waals surface area contributed by atoms with Gasteiger partial charge in [-0.05, 0) is 22.9 Å². The van der Waals surface area contributed by atoms with Gasteiger partial charge in [-0.25, -0.2) is 0 Å². The van der Waals surface area contributed by atoms with Gasteiger partial charge in [0.15, 0.2) is 0 Å². The van der Waals surface area contributed by atoms with Crippen LogP contribution in [0.25, 0.3) is 0 Å². The zero-order chi connectivity index (χ0) is 25.7. The van der Waals surface area contributed by atoms with Crippen LogP contribution in [0.3, 0.4) is 0 Å². The van der Waals surface area contributed by atoms with Crippen LogP contribution in [0.1, 0.15) is 16.7 Å². The van der Waals surface area contributed by atoms with Gasteiger partial charge < -0.3 is 23.7 Å². The van der Waals surface area contributed by atoms with Gasteiger partial charge >= 0.3 is 0 Å². The van der Waals surface area contributed by atoms with Crippen LogP contribution in [0, 0.1) is 0 Å². The SMILES string of the molecule is C=CCO[C@@H]1[C@@H](OCc2ccccc2)[C@H](OCc2ccccc2)[C@@H](COCc2ccccc2)O[C@H]1SC. The first kappa shape index (κ1) is 27.6. The normalized spacial score (nSPS) is 23.5. The molecule has 4 rings (SSSR count). The Morgan fingerprint density at radius 3 is 1.73 bits per heavy atom. The Bertz CT molecular complexity index is 1030. The second kappa shape index (κ2) is 15.1. The number of hydrogen-bond donors (Lipinski definition) is 0. The standard InChI is InChI=1S/C31H36O5S/c1-3-19-33-30-29(35-22-26-17-11-6-12-18-26)28(34-21-25-15-9-5-10-16-25)27(36-31(30)37-2)23-32-20-24-13-7-4-8-14-24/h3-18,27-31H,1,19-23H2,2H3/t27-,28-,29+,30-,31+/m1/s1. The minimum Gasteiger partial charge on any atom is -0.374 e. The molecule has 3 aromatic rings. The Balaban J connectivity index is 1.55. The summed E-state index contributed by atoms with van der Waals surface area (Å²) in [6, 6.07) is 30.4. The molecule has 0 amide bonds. The lowest BCUT2D eigenvalue weighted by Gasteiger charge is -2.45. The third kappa shape index (κ3) is 8.27. The molecule has 0 aromatic heterocycles. The summed E-state index contributed by atoms with van der Waals surface area (Å²) in [5.74, 6) is 0. The van der Waals surface area contributed by atoms with Gasteiger partial charge in [0.25, 0.3) is 0 Å². The molecule has 0 radical (unpaired) electrons. The van der Waals surface area contributed by atoms with Crippen LogP contribution in [0.15, 0.2) is 104 Å². The van der Waals surface area contributed by atoms with E-state index in [1.54, 1.807) is 17.8 Å². The van der Waals surface area contributed by atoms with E-state index in [2.05, 4.69) is 43.0 Å². The molecule has 5 nitrogen and oxygen atoms in total. The first-order chi connectivity index (χ1) is 18.3. The molecule has 1 saturated heterocycles. The van der Waals surface area contributed by atoms with Crippen molar-refractivity contribution in [2.24, 2.45) is 0 Å². The first-order valence-corrected chi connectivity index (χ1v) is 13.9. The highest BCUT2D eigenvalue weighted by Crippen LogP contribution is 2.34. The molecule has 0 aliphatic carbocycles. The fraction of sp³-hybridized carbons (Fsp3) is 0.355. The molecule has 0 N–H and O–H groups in total. The van der Waals surface area contributed by atoms with E-state index < -0.39 is 6.10 Å². The van der Waals surface area contributed by atoms with Gasteiger partial charge in [0.05, 0.1) is 33.0 Å². The second-order valence-corrected chi connectivity index (χ2v) is 9.82. The summed E-state index contributed by atoms with van der Waals surface area (Å²) in [5, 5.41) is 0. The summed E-state index contributed by atoms with van der Waals surface area (Å²) in [6.07, 6.45) is 2.37. The van der Waals surface area contributed by atoms with Crippen molar-refractivity contribution in [3.8, 4) is 0 Å². The zero-order valence-electron chi connectivity index (χ0n) is 21.3. The van der Waals surface area contributed by atoms with E-state index in [0.29, 0.717) is 33.0 Å². The predicted molar refractivity (Wildman–Crippen MR) is 148 cm³/mol. The van der Waals surface area contributed by atoms with Crippen LogP contribution >= 0.6 is 11.8 Å². The van der Waals surface area contributed by atoms with Gasteiger partial charge in [0, 0.05) is 0 Å². The average Bonchev–Trinajstić information content (AvgIpc) is 2.96. The molecular formula is C31H36O5S. The molecule has 3 aromatic carbocycles. The van der Waals surface area contributed by atoms with Gasteiger partial charge in [-0.1, -0.05) is 97.1 Å². The van der Waals surface area contributed by atoms with Gasteiger partial charge in [-0.2, -0.15) is 0 Å². The van der Waals surface area contributed by atoms with Crippen LogP contribution in [0.5, 0.6) is 0 Å². The maximum atomic E-state index is 6.57. The molecule has 1 heterocycles. The highest BCUT2D eigenvalue weighted by atomic mass is 32.2. The minimum absolute atomic E-state index is 0.234. The Morgan fingerprint density at radius 1 is 0.703 bits per heavy atom. The third-order valence-electron chi connectivity index (χ3n) is 6.19. The summed E-state index contributed by atoms with van der Waals surface area (Å²) in [7, 11) is 0. The Labute approximate surface area is 224 Å². The summed E-state index contributed by atoms with van der Waals surface area (Å²) >= 11 is 1.61. The van der Waals surface area contributed by atoms with E-state index in [-0.39, 0.29) is 23.7 Å². The van der Waals surface area contributed by atoms with E-state index in [1.165, 1.54) is 0 Å². The van der Waals surface area contributed by atoms with E-state index in [1.807, 2.05) is 60.9 Å². The van der Waals surface area contributed by atoms with Crippen LogP contribution < -0.4 is 0 Å². The molecular weight excluding hydrogens is 484 g/mol. The van der Waals surface area contributed by atoms with Gasteiger partial charge in [-0.3, -0.25) is 0 Å². The molecule has 196 valence electrons. The quantitative estimate of drug-likeness (QED) is 0.242. The van der Waals surface area contributed by atoms with E-state index in [0.717, 1.165) is 16.7 Å². The summed E-state index contributed by atoms with van der Waals surface area (Å²) < 4.78 is 32.0.